The van der Waals surface area contributed by atoms with Gasteiger partial charge >= 0.3 is 0 Å². The van der Waals surface area contributed by atoms with E-state index in [4.69, 9.17) is 14.2 Å². The third-order valence-corrected chi connectivity index (χ3v) is 2.80. The molecule has 1 atom stereocenters. The van der Waals surface area contributed by atoms with Crippen LogP contribution < -0.4 is 9.47 Å². The molecule has 0 saturated heterocycles. The van der Waals surface area contributed by atoms with Gasteiger partial charge in [0.25, 0.3) is 0 Å². The van der Waals surface area contributed by atoms with E-state index in [0.29, 0.717) is 23.5 Å². The van der Waals surface area contributed by atoms with Gasteiger partial charge in [-0.15, -0.1) is 0 Å². The molecule has 1 aromatic carbocycles. The second-order valence-electron chi connectivity index (χ2n) is 3.95. The van der Waals surface area contributed by atoms with Gasteiger partial charge in [0.05, 0.1) is 14.2 Å². The number of benzene rings is 1. The van der Waals surface area contributed by atoms with Gasteiger partial charge in [0.2, 0.25) is 0 Å². The fourth-order valence-electron chi connectivity index (χ4n) is 1.79. The maximum absolute atomic E-state index is 12.2. The van der Waals surface area contributed by atoms with Crippen molar-refractivity contribution < 1.29 is 19.0 Å². The fourth-order valence-corrected chi connectivity index (χ4v) is 1.79. The number of rotatable bonds is 7. The number of hydrogen-bond donors (Lipinski definition) is 0. The molecule has 0 bridgehead atoms. The average Bonchev–Trinajstić information content (AvgIpc) is 2.43. The molecule has 18 heavy (non-hydrogen) atoms. The van der Waals surface area contributed by atoms with Gasteiger partial charge in [-0.1, -0.05) is 13.3 Å². The van der Waals surface area contributed by atoms with Gasteiger partial charge in [0.1, 0.15) is 6.10 Å². The van der Waals surface area contributed by atoms with Gasteiger partial charge in [0.15, 0.2) is 17.3 Å². The SMILES string of the molecule is CCCC(OC)C(=O)c1ccc(OC)c(OC)c1. The molecular formula is C14H20O4. The Morgan fingerprint density at radius 1 is 1.17 bits per heavy atom. The minimum atomic E-state index is -0.395. The molecule has 1 aromatic rings. The molecule has 1 rings (SSSR count). The number of hydrogen-bond acceptors (Lipinski definition) is 4. The summed E-state index contributed by atoms with van der Waals surface area (Å²) in [4.78, 5) is 12.2. The van der Waals surface area contributed by atoms with Crippen molar-refractivity contribution in [3.05, 3.63) is 23.8 Å². The van der Waals surface area contributed by atoms with Crippen LogP contribution in [0.4, 0.5) is 0 Å². The van der Waals surface area contributed by atoms with Crippen LogP contribution in [0.3, 0.4) is 0 Å². The Morgan fingerprint density at radius 2 is 1.83 bits per heavy atom. The zero-order valence-corrected chi connectivity index (χ0v) is 11.4. The number of carbonyl (C=O) groups is 1. The molecule has 0 spiro atoms. The topological polar surface area (TPSA) is 44.8 Å². The summed E-state index contributed by atoms with van der Waals surface area (Å²) < 4.78 is 15.5. The Bertz CT molecular complexity index is 401. The van der Waals surface area contributed by atoms with E-state index in [1.807, 2.05) is 6.92 Å². The second kappa shape index (κ2) is 7.01. The minimum Gasteiger partial charge on any atom is -0.493 e. The van der Waals surface area contributed by atoms with Gasteiger partial charge in [-0.25, -0.2) is 0 Å². The second-order valence-corrected chi connectivity index (χ2v) is 3.95. The highest BCUT2D eigenvalue weighted by Crippen LogP contribution is 2.28. The standard InChI is InChI=1S/C14H20O4/c1-5-6-12(17-3)14(15)10-7-8-11(16-2)13(9-10)18-4/h7-9,12H,5-6H2,1-4H3. The smallest absolute Gasteiger partial charge is 0.191 e. The average molecular weight is 252 g/mol. The van der Waals surface area contributed by atoms with Crippen LogP contribution in [-0.4, -0.2) is 33.2 Å². The quantitative estimate of drug-likeness (QED) is 0.700. The molecule has 0 aromatic heterocycles. The number of Topliss-reactive ketones (excluding diaryl/α,β-unsaturated/α-hetero) is 1. The van der Waals surface area contributed by atoms with Gasteiger partial charge in [-0.2, -0.15) is 0 Å². The first kappa shape index (κ1) is 14.5. The molecule has 0 aliphatic rings. The van der Waals surface area contributed by atoms with Crippen LogP contribution in [-0.2, 0) is 4.74 Å². The summed E-state index contributed by atoms with van der Waals surface area (Å²) >= 11 is 0. The van der Waals surface area contributed by atoms with Crippen LogP contribution in [0.15, 0.2) is 18.2 Å². The first-order chi connectivity index (χ1) is 8.67. The normalized spacial score (nSPS) is 12.0. The lowest BCUT2D eigenvalue weighted by Crippen LogP contribution is -2.22. The maximum atomic E-state index is 12.2. The highest BCUT2D eigenvalue weighted by atomic mass is 16.5. The molecule has 4 nitrogen and oxygen atoms in total. The summed E-state index contributed by atoms with van der Waals surface area (Å²) in [6, 6.07) is 5.14. The molecule has 0 saturated carbocycles. The van der Waals surface area contributed by atoms with Crippen molar-refractivity contribution in [3.63, 3.8) is 0 Å². The summed E-state index contributed by atoms with van der Waals surface area (Å²) in [7, 11) is 4.67. The summed E-state index contributed by atoms with van der Waals surface area (Å²) in [5.41, 5.74) is 0.577. The van der Waals surface area contributed by atoms with Crippen molar-refractivity contribution >= 4 is 5.78 Å². The number of ether oxygens (including phenoxy) is 3. The maximum Gasteiger partial charge on any atom is 0.191 e. The van der Waals surface area contributed by atoms with Crippen molar-refractivity contribution in [2.45, 2.75) is 25.9 Å². The van der Waals surface area contributed by atoms with Crippen LogP contribution >= 0.6 is 0 Å². The van der Waals surface area contributed by atoms with Crippen molar-refractivity contribution in [1.29, 1.82) is 0 Å². The zero-order chi connectivity index (χ0) is 13.5. The third-order valence-electron chi connectivity index (χ3n) is 2.80. The molecule has 0 N–H and O–H groups in total. The van der Waals surface area contributed by atoms with E-state index in [1.165, 1.54) is 0 Å². The molecule has 0 aliphatic heterocycles. The minimum absolute atomic E-state index is 0.0275. The number of ketones is 1. The van der Waals surface area contributed by atoms with Crippen LogP contribution in [0.5, 0.6) is 11.5 Å². The Labute approximate surface area is 108 Å². The van der Waals surface area contributed by atoms with Gasteiger partial charge in [-0.3, -0.25) is 4.79 Å². The lowest BCUT2D eigenvalue weighted by atomic mass is 10.0. The number of carbonyl (C=O) groups excluding carboxylic acids is 1. The van der Waals surface area contributed by atoms with E-state index in [2.05, 4.69) is 0 Å². The van der Waals surface area contributed by atoms with Crippen molar-refractivity contribution in [3.8, 4) is 11.5 Å². The Hall–Kier alpha value is -1.55. The van der Waals surface area contributed by atoms with Crippen molar-refractivity contribution in [1.82, 2.24) is 0 Å². The van der Waals surface area contributed by atoms with Crippen LogP contribution in [0.25, 0.3) is 0 Å². The van der Waals surface area contributed by atoms with Crippen LogP contribution in [0.2, 0.25) is 0 Å². The lowest BCUT2D eigenvalue weighted by molar-refractivity contribution is 0.0578. The monoisotopic (exact) mass is 252 g/mol. The predicted molar refractivity (Wildman–Crippen MR) is 69.6 cm³/mol. The summed E-state index contributed by atoms with van der Waals surface area (Å²) in [6.45, 7) is 2.02. The molecular weight excluding hydrogens is 232 g/mol. The van der Waals surface area contributed by atoms with Gasteiger partial charge in [0, 0.05) is 12.7 Å². The van der Waals surface area contributed by atoms with Crippen LogP contribution in [0.1, 0.15) is 30.1 Å². The van der Waals surface area contributed by atoms with E-state index in [0.717, 1.165) is 6.42 Å². The summed E-state index contributed by atoms with van der Waals surface area (Å²) in [6.07, 6.45) is 1.22. The molecule has 0 aliphatic carbocycles. The number of methoxy groups -OCH3 is 3. The molecule has 4 heteroatoms. The highest BCUT2D eigenvalue weighted by Gasteiger charge is 2.20. The fraction of sp³-hybridized carbons (Fsp3) is 0.500. The molecule has 0 fully saturated rings. The zero-order valence-electron chi connectivity index (χ0n) is 11.4. The largest absolute Gasteiger partial charge is 0.493 e. The van der Waals surface area contributed by atoms with E-state index < -0.39 is 6.10 Å². The highest BCUT2D eigenvalue weighted by molar-refractivity contribution is 6.00. The predicted octanol–water partition coefficient (Wildman–Crippen LogP) is 2.70. The molecule has 0 radical (unpaired) electrons. The van der Waals surface area contributed by atoms with Crippen molar-refractivity contribution in [2.24, 2.45) is 0 Å². The molecule has 100 valence electrons. The van der Waals surface area contributed by atoms with Gasteiger partial charge < -0.3 is 14.2 Å². The molecule has 1 unspecified atom stereocenters. The first-order valence-electron chi connectivity index (χ1n) is 5.96. The Kier molecular flexibility index (Phi) is 5.65. The Balaban J connectivity index is 2.98. The first-order valence-corrected chi connectivity index (χ1v) is 5.96. The molecule has 0 amide bonds. The van der Waals surface area contributed by atoms with E-state index >= 15 is 0 Å². The summed E-state index contributed by atoms with van der Waals surface area (Å²) in [5, 5.41) is 0. The van der Waals surface area contributed by atoms with Crippen LogP contribution in [0, 0.1) is 0 Å². The summed E-state index contributed by atoms with van der Waals surface area (Å²) in [5.74, 6) is 1.13. The third kappa shape index (κ3) is 3.23. The lowest BCUT2D eigenvalue weighted by Gasteiger charge is -2.14. The molecule has 0 heterocycles. The van der Waals surface area contributed by atoms with Crippen molar-refractivity contribution in [2.75, 3.05) is 21.3 Å². The van der Waals surface area contributed by atoms with E-state index in [-0.39, 0.29) is 5.78 Å². The Morgan fingerprint density at radius 3 is 2.33 bits per heavy atom. The van der Waals surface area contributed by atoms with E-state index in [1.54, 1.807) is 39.5 Å². The van der Waals surface area contributed by atoms with Gasteiger partial charge in [-0.05, 0) is 24.6 Å². The van der Waals surface area contributed by atoms with E-state index in [9.17, 15) is 4.79 Å².